The van der Waals surface area contributed by atoms with Crippen molar-refractivity contribution in [2.75, 3.05) is 19.6 Å². The average molecular weight is 410 g/mol. The first-order chi connectivity index (χ1) is 14.1. The van der Waals surface area contributed by atoms with Gasteiger partial charge in [-0.2, -0.15) is 5.10 Å². The van der Waals surface area contributed by atoms with Crippen LogP contribution < -0.4 is 5.32 Å². The van der Waals surface area contributed by atoms with Crippen molar-refractivity contribution in [3.05, 3.63) is 53.8 Å². The molecule has 1 aliphatic heterocycles. The number of aromatic nitrogens is 3. The maximum Gasteiger partial charge on any atom is 0.270 e. The lowest BCUT2D eigenvalue weighted by molar-refractivity contribution is 0.0918. The Morgan fingerprint density at radius 3 is 2.93 bits per heavy atom. The third-order valence-electron chi connectivity index (χ3n) is 5.42. The molecule has 4 rings (SSSR count). The molecule has 0 aliphatic carbocycles. The normalized spacial score (nSPS) is 17.6. The summed E-state index contributed by atoms with van der Waals surface area (Å²) in [6, 6.07) is 10.5. The van der Waals surface area contributed by atoms with Crippen molar-refractivity contribution >= 4 is 17.2 Å². The first kappa shape index (κ1) is 19.8. The number of carbonyl (C=O) groups is 1. The number of piperidine rings is 1. The Hall–Kier alpha value is -2.51. The monoisotopic (exact) mass is 409 g/mol. The Kier molecular flexibility index (Phi) is 6.06. The largest absolute Gasteiger partial charge is 0.350 e. The molecule has 29 heavy (non-hydrogen) atoms. The number of likely N-dealkylation sites (tertiary alicyclic amines) is 1. The van der Waals surface area contributed by atoms with Crippen molar-refractivity contribution in [2.45, 2.75) is 32.7 Å². The Bertz CT molecular complexity index is 949. The second kappa shape index (κ2) is 8.88. The summed E-state index contributed by atoms with van der Waals surface area (Å²) in [6.07, 6.45) is 6.10. The average Bonchev–Trinajstić information content (AvgIpc) is 3.42. The van der Waals surface area contributed by atoms with Crippen molar-refractivity contribution in [3.63, 3.8) is 0 Å². The van der Waals surface area contributed by atoms with Crippen LogP contribution in [-0.2, 0) is 0 Å². The summed E-state index contributed by atoms with van der Waals surface area (Å²) in [5, 5.41) is 10.1. The molecule has 3 heterocycles. The molecule has 0 bridgehead atoms. The van der Waals surface area contributed by atoms with Gasteiger partial charge < -0.3 is 10.2 Å². The van der Waals surface area contributed by atoms with E-state index >= 15 is 0 Å². The van der Waals surface area contributed by atoms with Crippen LogP contribution in [0.15, 0.2) is 48.1 Å². The Morgan fingerprint density at radius 1 is 1.31 bits per heavy atom. The molecule has 2 aromatic heterocycles. The van der Waals surface area contributed by atoms with Gasteiger partial charge in [0.1, 0.15) is 10.7 Å². The molecule has 7 heteroatoms. The van der Waals surface area contributed by atoms with Crippen molar-refractivity contribution in [3.8, 4) is 16.3 Å². The molecule has 1 fully saturated rings. The standard InChI is InChI=1S/C22H27N5OS/c1-16(2)26-10-6-7-17(13-26)11-23-21(28)20-15-29-22(25-20)18-12-24-27(14-18)19-8-4-3-5-9-19/h3-5,8-9,12,14-17H,6-7,10-11,13H2,1-2H3,(H,23,28). The van der Waals surface area contributed by atoms with Crippen LogP contribution in [0.2, 0.25) is 0 Å². The maximum atomic E-state index is 12.6. The minimum absolute atomic E-state index is 0.0929. The fourth-order valence-corrected chi connectivity index (χ4v) is 4.50. The number of para-hydroxylation sites is 1. The Labute approximate surface area is 175 Å². The minimum atomic E-state index is -0.0929. The van der Waals surface area contributed by atoms with Gasteiger partial charge in [0.2, 0.25) is 0 Å². The predicted molar refractivity (Wildman–Crippen MR) is 116 cm³/mol. The van der Waals surface area contributed by atoms with Crippen molar-refractivity contribution in [2.24, 2.45) is 5.92 Å². The molecule has 1 atom stereocenters. The summed E-state index contributed by atoms with van der Waals surface area (Å²) in [4.78, 5) is 19.6. The molecule has 0 radical (unpaired) electrons. The van der Waals surface area contributed by atoms with Gasteiger partial charge >= 0.3 is 0 Å². The molecule has 1 amide bonds. The zero-order valence-corrected chi connectivity index (χ0v) is 17.7. The van der Waals surface area contributed by atoms with E-state index in [9.17, 15) is 4.79 Å². The van der Waals surface area contributed by atoms with Crippen LogP contribution in [0.5, 0.6) is 0 Å². The second-order valence-corrected chi connectivity index (χ2v) is 8.71. The lowest BCUT2D eigenvalue weighted by Crippen LogP contribution is -2.43. The van der Waals surface area contributed by atoms with Crippen LogP contribution >= 0.6 is 11.3 Å². The van der Waals surface area contributed by atoms with E-state index < -0.39 is 0 Å². The topological polar surface area (TPSA) is 63.1 Å². The molecular formula is C22H27N5OS. The van der Waals surface area contributed by atoms with E-state index in [2.05, 4.69) is 34.1 Å². The van der Waals surface area contributed by atoms with E-state index in [-0.39, 0.29) is 5.91 Å². The molecule has 152 valence electrons. The number of hydrogen-bond acceptors (Lipinski definition) is 5. The third kappa shape index (κ3) is 4.74. The molecule has 0 saturated carbocycles. The zero-order chi connectivity index (χ0) is 20.2. The number of amides is 1. The summed E-state index contributed by atoms with van der Waals surface area (Å²) < 4.78 is 1.82. The van der Waals surface area contributed by atoms with E-state index in [4.69, 9.17) is 0 Å². The molecule has 6 nitrogen and oxygen atoms in total. The van der Waals surface area contributed by atoms with E-state index in [1.807, 2.05) is 46.6 Å². The summed E-state index contributed by atoms with van der Waals surface area (Å²) >= 11 is 1.47. The fourth-order valence-electron chi connectivity index (χ4n) is 3.73. The Morgan fingerprint density at radius 2 is 2.14 bits per heavy atom. The number of rotatable bonds is 6. The smallest absolute Gasteiger partial charge is 0.270 e. The molecule has 1 aromatic carbocycles. The highest BCUT2D eigenvalue weighted by Crippen LogP contribution is 2.24. The minimum Gasteiger partial charge on any atom is -0.350 e. The summed E-state index contributed by atoms with van der Waals surface area (Å²) in [5.74, 6) is 0.418. The van der Waals surface area contributed by atoms with Crippen molar-refractivity contribution in [1.82, 2.24) is 25.0 Å². The summed E-state index contributed by atoms with van der Waals surface area (Å²) in [7, 11) is 0. The molecular weight excluding hydrogens is 382 g/mol. The number of hydrogen-bond donors (Lipinski definition) is 1. The first-order valence-electron chi connectivity index (χ1n) is 10.2. The molecule has 1 aliphatic rings. The highest BCUT2D eigenvalue weighted by atomic mass is 32.1. The van der Waals surface area contributed by atoms with Gasteiger partial charge in [-0.25, -0.2) is 9.67 Å². The van der Waals surface area contributed by atoms with E-state index in [1.165, 1.54) is 24.2 Å². The molecule has 1 unspecified atom stereocenters. The van der Waals surface area contributed by atoms with Gasteiger partial charge in [0.05, 0.1) is 11.9 Å². The summed E-state index contributed by atoms with van der Waals surface area (Å²) in [5.41, 5.74) is 2.39. The SMILES string of the molecule is CC(C)N1CCCC(CNC(=O)c2csc(-c3cnn(-c4ccccc4)c3)n2)C1. The fraction of sp³-hybridized carbons (Fsp3) is 0.409. The van der Waals surface area contributed by atoms with Gasteiger partial charge in [-0.3, -0.25) is 4.79 Å². The number of benzene rings is 1. The molecule has 1 saturated heterocycles. The van der Waals surface area contributed by atoms with Crippen LogP contribution in [0.1, 0.15) is 37.2 Å². The lowest BCUT2D eigenvalue weighted by atomic mass is 9.97. The number of carbonyl (C=O) groups excluding carboxylic acids is 1. The van der Waals surface area contributed by atoms with Gasteiger partial charge in [-0.05, 0) is 51.3 Å². The van der Waals surface area contributed by atoms with E-state index in [1.54, 1.807) is 6.20 Å². The van der Waals surface area contributed by atoms with Gasteiger partial charge in [-0.15, -0.1) is 11.3 Å². The lowest BCUT2D eigenvalue weighted by Gasteiger charge is -2.35. The third-order valence-corrected chi connectivity index (χ3v) is 6.31. The highest BCUT2D eigenvalue weighted by molar-refractivity contribution is 7.13. The Balaban J connectivity index is 1.36. The van der Waals surface area contributed by atoms with Crippen molar-refractivity contribution < 1.29 is 4.79 Å². The maximum absolute atomic E-state index is 12.6. The summed E-state index contributed by atoms with van der Waals surface area (Å²) in [6.45, 7) is 7.39. The molecule has 0 spiro atoms. The van der Waals surface area contributed by atoms with E-state index in [0.29, 0.717) is 24.2 Å². The molecule has 1 N–H and O–H groups in total. The van der Waals surface area contributed by atoms with Crippen LogP contribution in [0.3, 0.4) is 0 Å². The van der Waals surface area contributed by atoms with Gasteiger partial charge in [0, 0.05) is 36.3 Å². The highest BCUT2D eigenvalue weighted by Gasteiger charge is 2.22. The predicted octanol–water partition coefficient (Wildman–Crippen LogP) is 3.85. The number of thiazole rings is 1. The van der Waals surface area contributed by atoms with Gasteiger partial charge in [-0.1, -0.05) is 18.2 Å². The van der Waals surface area contributed by atoms with E-state index in [0.717, 1.165) is 29.3 Å². The van der Waals surface area contributed by atoms with Crippen molar-refractivity contribution in [1.29, 1.82) is 0 Å². The number of nitrogens with zero attached hydrogens (tertiary/aromatic N) is 4. The van der Waals surface area contributed by atoms with Crippen LogP contribution in [0.4, 0.5) is 0 Å². The number of nitrogens with one attached hydrogen (secondary N) is 1. The van der Waals surface area contributed by atoms with Gasteiger partial charge in [0.25, 0.3) is 5.91 Å². The molecule has 3 aromatic rings. The van der Waals surface area contributed by atoms with Gasteiger partial charge in [0.15, 0.2) is 0 Å². The van der Waals surface area contributed by atoms with Crippen LogP contribution in [0.25, 0.3) is 16.3 Å². The zero-order valence-electron chi connectivity index (χ0n) is 16.9. The first-order valence-corrected chi connectivity index (χ1v) is 11.1. The van der Waals surface area contributed by atoms with Crippen LogP contribution in [-0.4, -0.2) is 51.2 Å². The quantitative estimate of drug-likeness (QED) is 0.672. The second-order valence-electron chi connectivity index (χ2n) is 7.85. The van der Waals surface area contributed by atoms with Crippen LogP contribution in [0, 0.1) is 5.92 Å².